The van der Waals surface area contributed by atoms with Crippen molar-refractivity contribution in [2.24, 2.45) is 0 Å². The van der Waals surface area contributed by atoms with E-state index in [0.717, 1.165) is 0 Å². The van der Waals surface area contributed by atoms with Crippen LogP contribution in [0.3, 0.4) is 0 Å². The molecule has 0 bridgehead atoms. The van der Waals surface area contributed by atoms with E-state index in [0.29, 0.717) is 6.42 Å². The molecule has 8 heavy (non-hydrogen) atoms. The van der Waals surface area contributed by atoms with Gasteiger partial charge in [0.15, 0.2) is 0 Å². The Labute approximate surface area is 47.7 Å². The summed E-state index contributed by atoms with van der Waals surface area (Å²) in [7, 11) is 0. The molecule has 0 aromatic carbocycles. The highest BCUT2D eigenvalue weighted by molar-refractivity contribution is 5.87. The van der Waals surface area contributed by atoms with Crippen molar-refractivity contribution in [3.8, 4) is 0 Å². The summed E-state index contributed by atoms with van der Waals surface area (Å²) in [5, 5.41) is 11.0. The predicted octanol–water partition coefficient (Wildman–Crippen LogP) is -0.929. The van der Waals surface area contributed by atoms with Gasteiger partial charge in [0, 0.05) is 0 Å². The SMILES string of the molecule is O=C1[CH]C[C@H](CO)N1. The van der Waals surface area contributed by atoms with Crippen molar-refractivity contribution in [3.05, 3.63) is 6.42 Å². The zero-order valence-electron chi connectivity index (χ0n) is 4.42. The van der Waals surface area contributed by atoms with Gasteiger partial charge in [-0.2, -0.15) is 0 Å². The molecule has 1 rings (SSSR count). The van der Waals surface area contributed by atoms with Crippen molar-refractivity contribution >= 4 is 5.91 Å². The fourth-order valence-corrected chi connectivity index (χ4v) is 0.689. The molecule has 45 valence electrons. The number of hydrogen-bond donors (Lipinski definition) is 2. The Balaban J connectivity index is 2.32. The molecule has 3 nitrogen and oxygen atoms in total. The van der Waals surface area contributed by atoms with Crippen LogP contribution in [0.5, 0.6) is 0 Å². The molecule has 0 saturated carbocycles. The Morgan fingerprint density at radius 2 is 2.75 bits per heavy atom. The highest BCUT2D eigenvalue weighted by Gasteiger charge is 2.19. The number of aliphatic hydroxyl groups is 1. The monoisotopic (exact) mass is 114 g/mol. The van der Waals surface area contributed by atoms with Gasteiger partial charge in [-0.05, 0) is 6.42 Å². The largest absolute Gasteiger partial charge is 0.394 e. The van der Waals surface area contributed by atoms with Crippen LogP contribution in [0.4, 0.5) is 0 Å². The third-order valence-corrected chi connectivity index (χ3v) is 1.15. The number of nitrogens with one attached hydrogen (secondary N) is 1. The Morgan fingerprint density at radius 1 is 2.00 bits per heavy atom. The van der Waals surface area contributed by atoms with Gasteiger partial charge in [-0.3, -0.25) is 4.79 Å². The molecule has 1 aliphatic rings. The molecule has 0 aromatic heterocycles. The average molecular weight is 114 g/mol. The van der Waals surface area contributed by atoms with Crippen molar-refractivity contribution in [1.29, 1.82) is 0 Å². The Kier molecular flexibility index (Phi) is 1.48. The van der Waals surface area contributed by atoms with Gasteiger partial charge in [0.25, 0.3) is 0 Å². The van der Waals surface area contributed by atoms with Gasteiger partial charge in [0.2, 0.25) is 5.91 Å². The van der Waals surface area contributed by atoms with Gasteiger partial charge in [-0.25, -0.2) is 0 Å². The molecule has 0 spiro atoms. The number of rotatable bonds is 1. The van der Waals surface area contributed by atoms with E-state index < -0.39 is 0 Å². The second-order valence-electron chi connectivity index (χ2n) is 1.83. The molecule has 1 atom stereocenters. The standard InChI is InChI=1S/C5H8NO2/c7-3-4-1-2-5(8)6-4/h2,4,7H,1,3H2,(H,6,8)/t4-/m1/s1. The summed E-state index contributed by atoms with van der Waals surface area (Å²) >= 11 is 0. The zero-order valence-corrected chi connectivity index (χ0v) is 4.42. The number of hydrogen-bond acceptors (Lipinski definition) is 2. The summed E-state index contributed by atoms with van der Waals surface area (Å²) in [5.41, 5.74) is 0. The summed E-state index contributed by atoms with van der Waals surface area (Å²) in [6.07, 6.45) is 2.20. The van der Waals surface area contributed by atoms with Gasteiger partial charge in [-0.15, -0.1) is 0 Å². The number of carbonyl (C=O) groups is 1. The third kappa shape index (κ3) is 0.980. The molecule has 0 aliphatic carbocycles. The molecule has 1 fully saturated rings. The molecule has 1 amide bonds. The van der Waals surface area contributed by atoms with E-state index in [9.17, 15) is 4.79 Å². The van der Waals surface area contributed by atoms with E-state index >= 15 is 0 Å². The first-order chi connectivity index (χ1) is 3.83. The van der Waals surface area contributed by atoms with Crippen molar-refractivity contribution < 1.29 is 9.90 Å². The van der Waals surface area contributed by atoms with E-state index in [1.54, 1.807) is 6.42 Å². The molecule has 1 saturated heterocycles. The minimum absolute atomic E-state index is 0.0255. The quantitative estimate of drug-likeness (QED) is 0.462. The lowest BCUT2D eigenvalue weighted by atomic mass is 10.2. The van der Waals surface area contributed by atoms with E-state index in [2.05, 4.69) is 5.32 Å². The van der Waals surface area contributed by atoms with E-state index in [4.69, 9.17) is 5.11 Å². The second kappa shape index (κ2) is 2.13. The van der Waals surface area contributed by atoms with Crippen LogP contribution in [0.25, 0.3) is 0 Å². The topological polar surface area (TPSA) is 49.3 Å². The molecule has 0 aromatic rings. The minimum atomic E-state index is -0.0657. The van der Waals surface area contributed by atoms with Crippen LogP contribution in [0.2, 0.25) is 0 Å². The number of aliphatic hydroxyl groups excluding tert-OH is 1. The van der Waals surface area contributed by atoms with Crippen LogP contribution in [0, 0.1) is 6.42 Å². The average Bonchev–Trinajstić information content (AvgIpc) is 2.14. The van der Waals surface area contributed by atoms with E-state index in [1.165, 1.54) is 0 Å². The normalized spacial score (nSPS) is 28.1. The lowest BCUT2D eigenvalue weighted by molar-refractivity contribution is -0.117. The Morgan fingerprint density at radius 3 is 3.00 bits per heavy atom. The summed E-state index contributed by atoms with van der Waals surface area (Å²) in [5.74, 6) is -0.0657. The van der Waals surface area contributed by atoms with Crippen LogP contribution in [-0.2, 0) is 4.79 Å². The predicted molar refractivity (Wildman–Crippen MR) is 27.9 cm³/mol. The maximum absolute atomic E-state index is 10.3. The highest BCUT2D eigenvalue weighted by atomic mass is 16.3. The fraction of sp³-hybridized carbons (Fsp3) is 0.600. The smallest absolute Gasteiger partial charge is 0.224 e. The number of carbonyl (C=O) groups excluding carboxylic acids is 1. The number of amides is 1. The summed E-state index contributed by atoms with van der Waals surface area (Å²) in [6.45, 7) is 0.0439. The fourth-order valence-electron chi connectivity index (χ4n) is 0.689. The molecule has 1 aliphatic heterocycles. The lowest BCUT2D eigenvalue weighted by Gasteiger charge is -2.01. The van der Waals surface area contributed by atoms with Crippen molar-refractivity contribution in [1.82, 2.24) is 5.32 Å². The first kappa shape index (κ1) is 5.56. The lowest BCUT2D eigenvalue weighted by Crippen LogP contribution is -2.28. The second-order valence-corrected chi connectivity index (χ2v) is 1.83. The van der Waals surface area contributed by atoms with E-state index in [-0.39, 0.29) is 18.6 Å². The van der Waals surface area contributed by atoms with Crippen molar-refractivity contribution in [2.45, 2.75) is 12.5 Å². The zero-order chi connectivity index (χ0) is 5.98. The van der Waals surface area contributed by atoms with Gasteiger partial charge < -0.3 is 10.4 Å². The first-order valence-electron chi connectivity index (χ1n) is 2.57. The van der Waals surface area contributed by atoms with Gasteiger partial charge in [-0.1, -0.05) is 0 Å². The molecular weight excluding hydrogens is 106 g/mol. The maximum Gasteiger partial charge on any atom is 0.224 e. The molecule has 3 heteroatoms. The van der Waals surface area contributed by atoms with E-state index in [1.807, 2.05) is 0 Å². The summed E-state index contributed by atoms with van der Waals surface area (Å²) in [6, 6.07) is -0.0255. The van der Waals surface area contributed by atoms with Gasteiger partial charge >= 0.3 is 0 Å². The highest BCUT2D eigenvalue weighted by Crippen LogP contribution is 2.02. The minimum Gasteiger partial charge on any atom is -0.394 e. The summed E-state index contributed by atoms with van der Waals surface area (Å²) in [4.78, 5) is 10.3. The molecule has 2 N–H and O–H groups in total. The third-order valence-electron chi connectivity index (χ3n) is 1.15. The van der Waals surface area contributed by atoms with Crippen LogP contribution in [0.15, 0.2) is 0 Å². The molecule has 1 radical (unpaired) electrons. The Hall–Kier alpha value is -0.570. The van der Waals surface area contributed by atoms with Crippen molar-refractivity contribution in [2.75, 3.05) is 6.61 Å². The van der Waals surface area contributed by atoms with Crippen molar-refractivity contribution in [3.63, 3.8) is 0 Å². The van der Waals surface area contributed by atoms with Crippen LogP contribution >= 0.6 is 0 Å². The van der Waals surface area contributed by atoms with Crippen LogP contribution in [-0.4, -0.2) is 23.7 Å². The van der Waals surface area contributed by atoms with Gasteiger partial charge in [0.05, 0.1) is 19.1 Å². The van der Waals surface area contributed by atoms with Crippen LogP contribution in [0.1, 0.15) is 6.42 Å². The maximum atomic E-state index is 10.3. The van der Waals surface area contributed by atoms with Gasteiger partial charge in [0.1, 0.15) is 0 Å². The molecular formula is C5H8NO2. The molecule has 0 unspecified atom stereocenters. The Bertz CT molecular complexity index is 103. The first-order valence-corrected chi connectivity index (χ1v) is 2.57. The summed E-state index contributed by atoms with van der Waals surface area (Å²) < 4.78 is 0. The van der Waals surface area contributed by atoms with Crippen LogP contribution < -0.4 is 5.32 Å². The molecule has 1 heterocycles.